The van der Waals surface area contributed by atoms with Gasteiger partial charge in [0.25, 0.3) is 5.91 Å². The van der Waals surface area contributed by atoms with Crippen molar-refractivity contribution in [3.05, 3.63) is 70.2 Å². The molecule has 27 heavy (non-hydrogen) atoms. The van der Waals surface area contributed by atoms with E-state index in [1.54, 1.807) is 36.4 Å². The maximum Gasteiger partial charge on any atom is 0.335 e. The van der Waals surface area contributed by atoms with E-state index in [-0.39, 0.29) is 18.0 Å². The summed E-state index contributed by atoms with van der Waals surface area (Å²) in [5.41, 5.74) is 2.01. The van der Waals surface area contributed by atoms with E-state index in [1.807, 2.05) is 17.0 Å². The Bertz CT molecular complexity index is 808. The van der Waals surface area contributed by atoms with Crippen LogP contribution in [-0.4, -0.2) is 52.0 Å². The van der Waals surface area contributed by atoms with Crippen molar-refractivity contribution < 1.29 is 14.7 Å². The Morgan fingerprint density at radius 1 is 0.963 bits per heavy atom. The van der Waals surface area contributed by atoms with Gasteiger partial charge in [-0.25, -0.2) is 4.79 Å². The fourth-order valence-corrected chi connectivity index (χ4v) is 3.70. The molecule has 1 saturated heterocycles. The molecule has 0 saturated carbocycles. The van der Waals surface area contributed by atoms with Crippen LogP contribution in [0.4, 0.5) is 0 Å². The Morgan fingerprint density at radius 2 is 1.48 bits per heavy atom. The molecule has 2 unspecified atom stereocenters. The van der Waals surface area contributed by atoms with E-state index in [4.69, 9.17) is 16.7 Å². The number of benzene rings is 2. The second-order valence-corrected chi connectivity index (χ2v) is 7.53. The molecule has 2 aromatic carbocycles. The zero-order valence-electron chi connectivity index (χ0n) is 15.4. The standard InChI is InChI=1S/C21H23ClN2O3/c1-14-11-23(20(25)17-7-9-19(22)10-8-17)12-15(2)24(14)13-16-3-5-18(6-4-16)21(26)27/h3-10,14-15H,11-13H2,1-2H3,(H,26,27). The van der Waals surface area contributed by atoms with Crippen molar-refractivity contribution in [2.24, 2.45) is 0 Å². The monoisotopic (exact) mass is 386 g/mol. The van der Waals surface area contributed by atoms with Crippen LogP contribution in [0, 0.1) is 0 Å². The topological polar surface area (TPSA) is 60.9 Å². The van der Waals surface area contributed by atoms with Gasteiger partial charge in [0.05, 0.1) is 5.56 Å². The zero-order chi connectivity index (χ0) is 19.6. The Kier molecular flexibility index (Phi) is 5.82. The molecule has 1 fully saturated rings. The third-order valence-electron chi connectivity index (χ3n) is 5.05. The molecule has 5 nitrogen and oxygen atoms in total. The van der Waals surface area contributed by atoms with Gasteiger partial charge in [0, 0.05) is 42.3 Å². The van der Waals surface area contributed by atoms with E-state index in [0.717, 1.165) is 12.1 Å². The van der Waals surface area contributed by atoms with Crippen LogP contribution in [0.2, 0.25) is 5.02 Å². The molecular formula is C21H23ClN2O3. The number of nitrogens with zero attached hydrogens (tertiary/aromatic N) is 2. The van der Waals surface area contributed by atoms with E-state index >= 15 is 0 Å². The third-order valence-corrected chi connectivity index (χ3v) is 5.30. The van der Waals surface area contributed by atoms with Crippen molar-refractivity contribution in [1.82, 2.24) is 9.80 Å². The number of amides is 1. The molecular weight excluding hydrogens is 364 g/mol. The number of aromatic carboxylic acids is 1. The van der Waals surface area contributed by atoms with Crippen molar-refractivity contribution >= 4 is 23.5 Å². The summed E-state index contributed by atoms with van der Waals surface area (Å²) in [6, 6.07) is 14.4. The summed E-state index contributed by atoms with van der Waals surface area (Å²) in [5.74, 6) is -0.895. The minimum Gasteiger partial charge on any atom is -0.478 e. The van der Waals surface area contributed by atoms with Crippen molar-refractivity contribution in [3.8, 4) is 0 Å². The summed E-state index contributed by atoms with van der Waals surface area (Å²) in [5, 5.41) is 9.63. The molecule has 1 aliphatic rings. The highest BCUT2D eigenvalue weighted by atomic mass is 35.5. The largest absolute Gasteiger partial charge is 0.478 e. The van der Waals surface area contributed by atoms with E-state index < -0.39 is 5.97 Å². The summed E-state index contributed by atoms with van der Waals surface area (Å²) >= 11 is 5.91. The first-order valence-electron chi connectivity index (χ1n) is 8.98. The number of carbonyl (C=O) groups excluding carboxylic acids is 1. The maximum absolute atomic E-state index is 12.8. The fraction of sp³-hybridized carbons (Fsp3) is 0.333. The molecule has 2 aromatic rings. The predicted octanol–water partition coefficient (Wildman–Crippen LogP) is 3.77. The Labute approximate surface area is 164 Å². The Hall–Kier alpha value is -2.37. The van der Waals surface area contributed by atoms with Gasteiger partial charge in [-0.05, 0) is 55.8 Å². The van der Waals surface area contributed by atoms with Gasteiger partial charge in [-0.3, -0.25) is 9.69 Å². The highest BCUT2D eigenvalue weighted by Gasteiger charge is 2.32. The molecule has 6 heteroatoms. The number of piperazine rings is 1. The second-order valence-electron chi connectivity index (χ2n) is 7.09. The SMILES string of the molecule is CC1CN(C(=O)c2ccc(Cl)cc2)CC(C)N1Cc1ccc(C(=O)O)cc1. The van der Waals surface area contributed by atoms with Crippen LogP contribution in [-0.2, 0) is 6.54 Å². The average molecular weight is 387 g/mol. The number of carboxylic acid groups (broad SMARTS) is 1. The molecule has 0 aromatic heterocycles. The van der Waals surface area contributed by atoms with Crippen LogP contribution in [0.5, 0.6) is 0 Å². The van der Waals surface area contributed by atoms with Crippen molar-refractivity contribution in [2.75, 3.05) is 13.1 Å². The number of hydrogen-bond acceptors (Lipinski definition) is 3. The summed E-state index contributed by atoms with van der Waals surface area (Å²) < 4.78 is 0. The number of hydrogen-bond donors (Lipinski definition) is 1. The molecule has 0 aliphatic carbocycles. The minimum absolute atomic E-state index is 0.0239. The molecule has 2 atom stereocenters. The van der Waals surface area contributed by atoms with Gasteiger partial charge in [0.2, 0.25) is 0 Å². The first kappa shape index (κ1) is 19.4. The molecule has 3 rings (SSSR count). The van der Waals surface area contributed by atoms with Gasteiger partial charge in [-0.1, -0.05) is 23.7 Å². The highest BCUT2D eigenvalue weighted by Crippen LogP contribution is 2.21. The van der Waals surface area contributed by atoms with E-state index in [9.17, 15) is 9.59 Å². The van der Waals surface area contributed by atoms with Crippen LogP contribution < -0.4 is 0 Å². The number of carboxylic acids is 1. The van der Waals surface area contributed by atoms with Crippen LogP contribution in [0.15, 0.2) is 48.5 Å². The Balaban J connectivity index is 1.66. The van der Waals surface area contributed by atoms with E-state index in [0.29, 0.717) is 29.2 Å². The molecule has 0 bridgehead atoms. The zero-order valence-corrected chi connectivity index (χ0v) is 16.2. The third kappa shape index (κ3) is 4.49. The summed E-state index contributed by atoms with van der Waals surface area (Å²) in [4.78, 5) is 28.0. The van der Waals surface area contributed by atoms with Crippen molar-refractivity contribution in [1.29, 1.82) is 0 Å². The van der Waals surface area contributed by atoms with E-state index in [1.165, 1.54) is 0 Å². The Morgan fingerprint density at radius 3 is 2.00 bits per heavy atom. The van der Waals surface area contributed by atoms with Gasteiger partial charge in [-0.2, -0.15) is 0 Å². The van der Waals surface area contributed by atoms with Crippen LogP contribution >= 0.6 is 11.6 Å². The van der Waals surface area contributed by atoms with Crippen LogP contribution in [0.1, 0.15) is 40.1 Å². The summed E-state index contributed by atoms with van der Waals surface area (Å²) in [6.07, 6.45) is 0. The number of halogens is 1. The smallest absolute Gasteiger partial charge is 0.335 e. The van der Waals surface area contributed by atoms with Gasteiger partial charge in [-0.15, -0.1) is 0 Å². The van der Waals surface area contributed by atoms with Crippen molar-refractivity contribution in [2.45, 2.75) is 32.5 Å². The lowest BCUT2D eigenvalue weighted by Gasteiger charge is -2.44. The first-order valence-corrected chi connectivity index (χ1v) is 9.35. The minimum atomic E-state index is -0.919. The number of rotatable bonds is 4. The molecule has 1 heterocycles. The van der Waals surface area contributed by atoms with E-state index in [2.05, 4.69) is 18.7 Å². The van der Waals surface area contributed by atoms with Crippen molar-refractivity contribution in [3.63, 3.8) is 0 Å². The summed E-state index contributed by atoms with van der Waals surface area (Å²) in [6.45, 7) is 6.26. The first-order chi connectivity index (χ1) is 12.8. The lowest BCUT2D eigenvalue weighted by atomic mass is 10.0. The maximum atomic E-state index is 12.8. The second kappa shape index (κ2) is 8.11. The fourth-order valence-electron chi connectivity index (χ4n) is 3.57. The molecule has 0 radical (unpaired) electrons. The quantitative estimate of drug-likeness (QED) is 0.868. The van der Waals surface area contributed by atoms with Gasteiger partial charge < -0.3 is 10.0 Å². The van der Waals surface area contributed by atoms with Gasteiger partial charge >= 0.3 is 5.97 Å². The molecule has 1 N–H and O–H groups in total. The predicted molar refractivity (Wildman–Crippen MR) is 105 cm³/mol. The molecule has 0 spiro atoms. The van der Waals surface area contributed by atoms with Gasteiger partial charge in [0.15, 0.2) is 0 Å². The normalized spacial score (nSPS) is 20.5. The summed E-state index contributed by atoms with van der Waals surface area (Å²) in [7, 11) is 0. The van der Waals surface area contributed by atoms with Crippen LogP contribution in [0.3, 0.4) is 0 Å². The lowest BCUT2D eigenvalue weighted by molar-refractivity contribution is 0.0269. The molecule has 142 valence electrons. The van der Waals surface area contributed by atoms with Crippen LogP contribution in [0.25, 0.3) is 0 Å². The number of carbonyl (C=O) groups is 2. The molecule has 1 amide bonds. The lowest BCUT2D eigenvalue weighted by Crippen LogP contribution is -2.57. The average Bonchev–Trinajstić information content (AvgIpc) is 2.65. The van der Waals surface area contributed by atoms with Gasteiger partial charge in [0.1, 0.15) is 0 Å². The highest BCUT2D eigenvalue weighted by molar-refractivity contribution is 6.30. The molecule has 1 aliphatic heterocycles.